The minimum absolute atomic E-state index is 0.0338. The molecule has 0 fully saturated rings. The van der Waals surface area contributed by atoms with Crippen LogP contribution in [0.15, 0.2) is 24.3 Å². The lowest BCUT2D eigenvalue weighted by molar-refractivity contribution is -0.121. The monoisotopic (exact) mass is 283 g/mol. The standard InChI is InChI=1S/C12H14BrNO2/c1-9(6-13)7-14-10-4-2-3-5-11(10)16-8-12(14)15/h2-5,9H,6-8H2,1H3. The van der Waals surface area contributed by atoms with Gasteiger partial charge < -0.3 is 9.64 Å². The van der Waals surface area contributed by atoms with E-state index >= 15 is 0 Å². The van der Waals surface area contributed by atoms with Crippen molar-refractivity contribution in [3.05, 3.63) is 24.3 Å². The lowest BCUT2D eigenvalue weighted by Crippen LogP contribution is -2.41. The Hall–Kier alpha value is -1.03. The minimum Gasteiger partial charge on any atom is -0.482 e. The van der Waals surface area contributed by atoms with Crippen LogP contribution in [0.5, 0.6) is 5.75 Å². The van der Waals surface area contributed by atoms with E-state index in [1.165, 1.54) is 0 Å². The van der Waals surface area contributed by atoms with Gasteiger partial charge in [-0.1, -0.05) is 35.0 Å². The van der Waals surface area contributed by atoms with Crippen molar-refractivity contribution in [1.29, 1.82) is 0 Å². The molecule has 0 spiro atoms. The van der Waals surface area contributed by atoms with E-state index in [4.69, 9.17) is 4.74 Å². The number of fused-ring (bicyclic) bond motifs is 1. The van der Waals surface area contributed by atoms with E-state index in [9.17, 15) is 4.79 Å². The van der Waals surface area contributed by atoms with Crippen LogP contribution in [0.2, 0.25) is 0 Å². The number of halogens is 1. The Morgan fingerprint density at radius 3 is 3.00 bits per heavy atom. The average Bonchev–Trinajstić information content (AvgIpc) is 2.32. The van der Waals surface area contributed by atoms with Gasteiger partial charge in [0.2, 0.25) is 0 Å². The SMILES string of the molecule is CC(CBr)CN1C(=O)COc2ccccc21. The third-order valence-electron chi connectivity index (χ3n) is 2.57. The molecule has 0 N–H and O–H groups in total. The molecule has 0 saturated heterocycles. The molecule has 1 aliphatic heterocycles. The van der Waals surface area contributed by atoms with Crippen molar-refractivity contribution in [1.82, 2.24) is 0 Å². The molecule has 0 bridgehead atoms. The minimum atomic E-state index is 0.0338. The number of rotatable bonds is 3. The number of hydrogen-bond acceptors (Lipinski definition) is 2. The van der Waals surface area contributed by atoms with Crippen LogP contribution >= 0.6 is 15.9 Å². The van der Waals surface area contributed by atoms with Gasteiger partial charge >= 0.3 is 0 Å². The number of para-hydroxylation sites is 2. The molecule has 0 aliphatic carbocycles. The summed E-state index contributed by atoms with van der Waals surface area (Å²) in [4.78, 5) is 13.6. The highest BCUT2D eigenvalue weighted by Crippen LogP contribution is 2.31. The second-order valence-corrected chi connectivity index (χ2v) is 4.67. The molecule has 0 aromatic heterocycles. The molecule has 1 heterocycles. The van der Waals surface area contributed by atoms with Gasteiger partial charge in [-0.2, -0.15) is 0 Å². The molecule has 3 nitrogen and oxygen atoms in total. The van der Waals surface area contributed by atoms with Gasteiger partial charge in [-0.05, 0) is 18.1 Å². The smallest absolute Gasteiger partial charge is 0.265 e. The maximum absolute atomic E-state index is 11.8. The summed E-state index contributed by atoms with van der Waals surface area (Å²) in [5, 5.41) is 0.889. The number of nitrogens with zero attached hydrogens (tertiary/aromatic N) is 1. The zero-order valence-corrected chi connectivity index (χ0v) is 10.7. The van der Waals surface area contributed by atoms with Crippen molar-refractivity contribution in [2.24, 2.45) is 5.92 Å². The highest BCUT2D eigenvalue weighted by molar-refractivity contribution is 9.09. The van der Waals surface area contributed by atoms with Crippen molar-refractivity contribution in [2.45, 2.75) is 6.92 Å². The molecule has 0 radical (unpaired) electrons. The number of carbonyl (C=O) groups is 1. The molecular formula is C12H14BrNO2. The molecule has 86 valence electrons. The van der Waals surface area contributed by atoms with Gasteiger partial charge in [-0.15, -0.1) is 0 Å². The first-order valence-electron chi connectivity index (χ1n) is 5.30. The van der Waals surface area contributed by atoms with E-state index in [0.29, 0.717) is 5.92 Å². The van der Waals surface area contributed by atoms with Crippen LogP contribution in [0.3, 0.4) is 0 Å². The summed E-state index contributed by atoms with van der Waals surface area (Å²) >= 11 is 3.43. The summed E-state index contributed by atoms with van der Waals surface area (Å²) in [6.07, 6.45) is 0. The normalized spacial score (nSPS) is 16.6. The fraction of sp³-hybridized carbons (Fsp3) is 0.417. The maximum atomic E-state index is 11.8. The fourth-order valence-electron chi connectivity index (χ4n) is 1.71. The summed E-state index contributed by atoms with van der Waals surface area (Å²) in [6.45, 7) is 2.98. The molecule has 4 heteroatoms. The number of carbonyl (C=O) groups excluding carboxylic acids is 1. The first kappa shape index (κ1) is 11.5. The molecule has 16 heavy (non-hydrogen) atoms. The van der Waals surface area contributed by atoms with E-state index < -0.39 is 0 Å². The number of ether oxygens (including phenoxy) is 1. The Kier molecular flexibility index (Phi) is 3.49. The number of amides is 1. The Balaban J connectivity index is 2.26. The largest absolute Gasteiger partial charge is 0.482 e. The van der Waals surface area contributed by atoms with Crippen molar-refractivity contribution in [3.63, 3.8) is 0 Å². The predicted molar refractivity (Wildman–Crippen MR) is 67.2 cm³/mol. The molecule has 1 aromatic rings. The lowest BCUT2D eigenvalue weighted by Gasteiger charge is -2.30. The van der Waals surface area contributed by atoms with Gasteiger partial charge in [0.25, 0.3) is 5.91 Å². The molecule has 2 rings (SSSR count). The number of benzene rings is 1. The topological polar surface area (TPSA) is 29.5 Å². The number of alkyl halides is 1. The highest BCUT2D eigenvalue weighted by atomic mass is 79.9. The van der Waals surface area contributed by atoms with Crippen molar-refractivity contribution < 1.29 is 9.53 Å². The van der Waals surface area contributed by atoms with Crippen LogP contribution in [0.4, 0.5) is 5.69 Å². The molecule has 1 aliphatic rings. The second-order valence-electron chi connectivity index (χ2n) is 4.02. The quantitative estimate of drug-likeness (QED) is 0.798. The van der Waals surface area contributed by atoms with Crippen LogP contribution in [-0.2, 0) is 4.79 Å². The summed E-state index contributed by atoms with van der Waals surface area (Å²) in [5.74, 6) is 1.26. The third kappa shape index (κ3) is 2.21. The molecule has 1 atom stereocenters. The zero-order valence-electron chi connectivity index (χ0n) is 9.15. The predicted octanol–water partition coefficient (Wildman–Crippen LogP) is 2.44. The molecule has 1 unspecified atom stereocenters. The second kappa shape index (κ2) is 4.87. The maximum Gasteiger partial charge on any atom is 0.265 e. The van der Waals surface area contributed by atoms with Gasteiger partial charge in [0.1, 0.15) is 5.75 Å². The van der Waals surface area contributed by atoms with E-state index in [1.54, 1.807) is 0 Å². The van der Waals surface area contributed by atoms with Crippen molar-refractivity contribution >= 4 is 27.5 Å². The zero-order chi connectivity index (χ0) is 11.5. The number of anilines is 1. The highest BCUT2D eigenvalue weighted by Gasteiger charge is 2.25. The van der Waals surface area contributed by atoms with Gasteiger partial charge in [-0.25, -0.2) is 0 Å². The number of hydrogen-bond donors (Lipinski definition) is 0. The van der Waals surface area contributed by atoms with Crippen LogP contribution in [0.1, 0.15) is 6.92 Å². The fourth-order valence-corrected chi connectivity index (χ4v) is 1.92. The summed E-state index contributed by atoms with van der Waals surface area (Å²) in [5.41, 5.74) is 0.881. The van der Waals surface area contributed by atoms with Crippen LogP contribution < -0.4 is 9.64 Å². The summed E-state index contributed by atoms with van der Waals surface area (Å²) < 4.78 is 5.38. The Morgan fingerprint density at radius 2 is 2.25 bits per heavy atom. The summed E-state index contributed by atoms with van der Waals surface area (Å²) in [7, 11) is 0. The van der Waals surface area contributed by atoms with E-state index in [2.05, 4.69) is 22.9 Å². The first-order valence-corrected chi connectivity index (χ1v) is 6.42. The van der Waals surface area contributed by atoms with Gasteiger partial charge in [0.05, 0.1) is 5.69 Å². The van der Waals surface area contributed by atoms with Crippen LogP contribution in [0, 0.1) is 5.92 Å². The summed E-state index contributed by atoms with van der Waals surface area (Å²) in [6, 6.07) is 7.66. The van der Waals surface area contributed by atoms with Crippen molar-refractivity contribution in [3.8, 4) is 5.75 Å². The Labute approximate surface area is 104 Å². The van der Waals surface area contributed by atoms with Crippen LogP contribution in [0.25, 0.3) is 0 Å². The molecule has 1 amide bonds. The van der Waals surface area contributed by atoms with Gasteiger partial charge in [0.15, 0.2) is 6.61 Å². The molecule has 0 saturated carbocycles. The van der Waals surface area contributed by atoms with E-state index in [1.807, 2.05) is 29.2 Å². The van der Waals surface area contributed by atoms with E-state index in [0.717, 1.165) is 23.3 Å². The Morgan fingerprint density at radius 1 is 1.50 bits per heavy atom. The molecule has 1 aromatic carbocycles. The van der Waals surface area contributed by atoms with Gasteiger partial charge in [-0.3, -0.25) is 4.79 Å². The lowest BCUT2D eigenvalue weighted by atomic mass is 10.1. The molecular weight excluding hydrogens is 270 g/mol. The third-order valence-corrected chi connectivity index (χ3v) is 3.67. The van der Waals surface area contributed by atoms with Gasteiger partial charge in [0, 0.05) is 11.9 Å². The van der Waals surface area contributed by atoms with E-state index in [-0.39, 0.29) is 12.5 Å². The first-order chi connectivity index (χ1) is 7.72. The average molecular weight is 284 g/mol. The van der Waals surface area contributed by atoms with Crippen molar-refractivity contribution in [2.75, 3.05) is 23.4 Å². The van der Waals surface area contributed by atoms with Crippen LogP contribution in [-0.4, -0.2) is 24.4 Å². The Bertz CT molecular complexity index is 394.